The molecule has 3 heteroatoms. The third-order valence-corrected chi connectivity index (χ3v) is 2.73. The fourth-order valence-corrected chi connectivity index (χ4v) is 1.83. The second-order valence-corrected chi connectivity index (χ2v) is 4.45. The minimum atomic E-state index is 0.333. The predicted molar refractivity (Wildman–Crippen MR) is 61.9 cm³/mol. The molecule has 0 spiro atoms. The molecular weight excluding hydrogens is 182 g/mol. The van der Waals surface area contributed by atoms with Crippen molar-refractivity contribution in [1.82, 2.24) is 0 Å². The third-order valence-electron chi connectivity index (χ3n) is 1.57. The quantitative estimate of drug-likeness (QED) is 0.485. The zero-order valence-electron chi connectivity index (χ0n) is 8.75. The van der Waals surface area contributed by atoms with Gasteiger partial charge in [-0.05, 0) is 44.6 Å². The number of unbranched alkanes of at least 4 members (excludes halogenated alkanes) is 1. The molecule has 0 bridgehead atoms. The largest absolute Gasteiger partial charge is 0.396 e. The highest BCUT2D eigenvalue weighted by molar-refractivity contribution is 7.99. The second kappa shape index (κ2) is 10.1. The average Bonchev–Trinajstić information content (AvgIpc) is 2.09. The minimum absolute atomic E-state index is 0.333. The van der Waals surface area contributed by atoms with Crippen molar-refractivity contribution < 1.29 is 5.11 Å². The molecule has 1 N–H and O–H groups in total. The lowest BCUT2D eigenvalue weighted by molar-refractivity contribution is 0.287. The Morgan fingerprint density at radius 1 is 1.15 bits per heavy atom. The fraction of sp³-hybridized carbons (Fsp3) is 0.900. The van der Waals surface area contributed by atoms with Gasteiger partial charge in [0, 0.05) is 18.9 Å². The Morgan fingerprint density at radius 2 is 1.85 bits per heavy atom. The molecule has 0 aromatic heterocycles. The number of nitrogens with zero attached hydrogens (tertiary/aromatic N) is 1. The van der Waals surface area contributed by atoms with Crippen molar-refractivity contribution in [2.45, 2.75) is 33.1 Å². The molecule has 0 fully saturated rings. The van der Waals surface area contributed by atoms with E-state index >= 15 is 0 Å². The Morgan fingerprint density at radius 3 is 2.46 bits per heavy atom. The molecule has 0 aliphatic carbocycles. The molecule has 0 radical (unpaired) electrons. The lowest BCUT2D eigenvalue weighted by Crippen LogP contribution is -1.91. The van der Waals surface area contributed by atoms with Gasteiger partial charge in [-0.25, -0.2) is 0 Å². The summed E-state index contributed by atoms with van der Waals surface area (Å²) in [5.74, 6) is 2.37. The van der Waals surface area contributed by atoms with E-state index in [0.29, 0.717) is 6.61 Å². The Balaban J connectivity index is 2.96. The Bertz CT molecular complexity index is 133. The molecule has 0 amide bonds. The third kappa shape index (κ3) is 12.0. The first kappa shape index (κ1) is 13.0. The first-order chi connectivity index (χ1) is 6.27. The molecule has 0 aromatic rings. The Kier molecular flexibility index (Phi) is 10.0. The summed E-state index contributed by atoms with van der Waals surface area (Å²) in [5.41, 5.74) is 1.17. The van der Waals surface area contributed by atoms with E-state index < -0.39 is 0 Å². The van der Waals surface area contributed by atoms with E-state index in [1.807, 2.05) is 25.6 Å². The number of aliphatic hydroxyl groups excluding tert-OH is 1. The summed E-state index contributed by atoms with van der Waals surface area (Å²) >= 11 is 1.96. The van der Waals surface area contributed by atoms with Gasteiger partial charge in [0.15, 0.2) is 0 Å². The first-order valence-corrected chi connectivity index (χ1v) is 6.09. The molecule has 0 saturated heterocycles. The summed E-state index contributed by atoms with van der Waals surface area (Å²) in [5, 5.41) is 8.54. The van der Waals surface area contributed by atoms with Gasteiger partial charge in [0.05, 0.1) is 0 Å². The van der Waals surface area contributed by atoms with Gasteiger partial charge in [-0.1, -0.05) is 0 Å². The molecule has 0 saturated carbocycles. The summed E-state index contributed by atoms with van der Waals surface area (Å²) in [6.45, 7) is 5.37. The van der Waals surface area contributed by atoms with Crippen LogP contribution in [0.2, 0.25) is 0 Å². The maximum absolute atomic E-state index is 8.54. The van der Waals surface area contributed by atoms with E-state index in [0.717, 1.165) is 19.4 Å². The zero-order chi connectivity index (χ0) is 9.94. The van der Waals surface area contributed by atoms with Crippen LogP contribution in [0.15, 0.2) is 4.99 Å². The van der Waals surface area contributed by atoms with Crippen molar-refractivity contribution in [1.29, 1.82) is 0 Å². The highest BCUT2D eigenvalue weighted by Crippen LogP contribution is 2.05. The summed E-state index contributed by atoms with van der Waals surface area (Å²) in [6, 6.07) is 0. The summed E-state index contributed by atoms with van der Waals surface area (Å²) < 4.78 is 0. The van der Waals surface area contributed by atoms with E-state index in [1.54, 1.807) is 0 Å². The van der Waals surface area contributed by atoms with E-state index in [2.05, 4.69) is 4.99 Å². The average molecular weight is 203 g/mol. The number of thioether (sulfide) groups is 1. The van der Waals surface area contributed by atoms with Gasteiger partial charge >= 0.3 is 0 Å². The standard InChI is InChI=1S/C10H21NOS/c1-10(2)11-6-5-9-13-8-4-3-7-12/h12H,3-9H2,1-2H3. The maximum Gasteiger partial charge on any atom is 0.0431 e. The molecular formula is C10H21NOS. The van der Waals surface area contributed by atoms with Crippen LogP contribution in [0.5, 0.6) is 0 Å². The number of hydrogen-bond donors (Lipinski definition) is 1. The lowest BCUT2D eigenvalue weighted by atomic mass is 10.4. The van der Waals surface area contributed by atoms with Gasteiger partial charge in [0.25, 0.3) is 0 Å². The van der Waals surface area contributed by atoms with Gasteiger partial charge in [-0.3, -0.25) is 4.99 Å². The van der Waals surface area contributed by atoms with Crippen LogP contribution >= 0.6 is 11.8 Å². The Hall–Kier alpha value is -0.0200. The highest BCUT2D eigenvalue weighted by atomic mass is 32.2. The summed E-state index contributed by atoms with van der Waals surface area (Å²) in [6.07, 6.45) is 3.26. The van der Waals surface area contributed by atoms with Crippen molar-refractivity contribution in [3.8, 4) is 0 Å². The smallest absolute Gasteiger partial charge is 0.0431 e. The zero-order valence-corrected chi connectivity index (χ0v) is 9.57. The van der Waals surface area contributed by atoms with Crippen LogP contribution < -0.4 is 0 Å². The molecule has 0 rings (SSSR count). The summed E-state index contributed by atoms with van der Waals surface area (Å²) in [4.78, 5) is 4.32. The molecule has 13 heavy (non-hydrogen) atoms. The predicted octanol–water partition coefficient (Wildman–Crippen LogP) is 2.36. The van der Waals surface area contributed by atoms with E-state index in [4.69, 9.17) is 5.11 Å². The van der Waals surface area contributed by atoms with Crippen LogP contribution in [0.25, 0.3) is 0 Å². The fourth-order valence-electron chi connectivity index (χ4n) is 0.887. The van der Waals surface area contributed by atoms with Crippen LogP contribution in [0.1, 0.15) is 33.1 Å². The van der Waals surface area contributed by atoms with Crippen LogP contribution in [-0.4, -0.2) is 35.5 Å². The highest BCUT2D eigenvalue weighted by Gasteiger charge is 1.89. The molecule has 78 valence electrons. The van der Waals surface area contributed by atoms with Crippen LogP contribution in [0.3, 0.4) is 0 Å². The van der Waals surface area contributed by atoms with Crippen LogP contribution in [0, 0.1) is 0 Å². The van der Waals surface area contributed by atoms with Crippen molar-refractivity contribution in [3.63, 3.8) is 0 Å². The SMILES string of the molecule is CC(C)=NCCCSCCCCO. The van der Waals surface area contributed by atoms with Gasteiger partial charge < -0.3 is 5.11 Å². The number of aliphatic imine (C=N–C) groups is 1. The molecule has 0 unspecified atom stereocenters. The van der Waals surface area contributed by atoms with E-state index in [-0.39, 0.29) is 0 Å². The monoisotopic (exact) mass is 203 g/mol. The lowest BCUT2D eigenvalue weighted by Gasteiger charge is -1.99. The Labute approximate surface area is 85.8 Å². The van der Waals surface area contributed by atoms with Crippen molar-refractivity contribution >= 4 is 17.5 Å². The van der Waals surface area contributed by atoms with E-state index in [9.17, 15) is 0 Å². The minimum Gasteiger partial charge on any atom is -0.396 e. The molecule has 0 heterocycles. The van der Waals surface area contributed by atoms with Gasteiger partial charge in [-0.2, -0.15) is 11.8 Å². The van der Waals surface area contributed by atoms with Gasteiger partial charge in [0.1, 0.15) is 0 Å². The maximum atomic E-state index is 8.54. The molecule has 0 aliphatic rings. The molecule has 2 nitrogen and oxygen atoms in total. The van der Waals surface area contributed by atoms with Crippen molar-refractivity contribution in [2.75, 3.05) is 24.7 Å². The number of rotatable bonds is 8. The van der Waals surface area contributed by atoms with Crippen molar-refractivity contribution in [3.05, 3.63) is 0 Å². The normalized spacial score (nSPS) is 10.1. The number of hydrogen-bond acceptors (Lipinski definition) is 3. The topological polar surface area (TPSA) is 32.6 Å². The first-order valence-electron chi connectivity index (χ1n) is 4.93. The van der Waals surface area contributed by atoms with Crippen LogP contribution in [0.4, 0.5) is 0 Å². The van der Waals surface area contributed by atoms with Gasteiger partial charge in [-0.15, -0.1) is 0 Å². The molecule has 0 aliphatic heterocycles. The van der Waals surface area contributed by atoms with E-state index in [1.165, 1.54) is 23.6 Å². The molecule has 0 aromatic carbocycles. The van der Waals surface area contributed by atoms with Crippen molar-refractivity contribution in [2.24, 2.45) is 4.99 Å². The van der Waals surface area contributed by atoms with Gasteiger partial charge in [0.2, 0.25) is 0 Å². The second-order valence-electron chi connectivity index (χ2n) is 3.23. The van der Waals surface area contributed by atoms with Crippen LogP contribution in [-0.2, 0) is 0 Å². The number of aliphatic hydroxyl groups is 1. The molecule has 0 atom stereocenters. The summed E-state index contributed by atoms with van der Waals surface area (Å²) in [7, 11) is 0.